The Kier molecular flexibility index (Phi) is 3.00. The average Bonchev–Trinajstić information content (AvgIpc) is 3.17. The zero-order valence-corrected chi connectivity index (χ0v) is 11.9. The first-order chi connectivity index (χ1) is 10.4. The van der Waals surface area contributed by atoms with Crippen LogP contribution in [0.5, 0.6) is 0 Å². The van der Waals surface area contributed by atoms with Gasteiger partial charge in [0.1, 0.15) is 0 Å². The Morgan fingerprint density at radius 3 is 2.52 bits per heavy atom. The molecular weight excluding hydrogens is 256 g/mol. The molecule has 0 N–H and O–H groups in total. The Morgan fingerprint density at radius 2 is 1.71 bits per heavy atom. The van der Waals surface area contributed by atoms with Gasteiger partial charge in [0.05, 0.1) is 11.2 Å². The number of fused-ring (bicyclic) bond motifs is 1. The smallest absolute Gasteiger partial charge is 0.0666 e. The third kappa shape index (κ3) is 2.23. The summed E-state index contributed by atoms with van der Waals surface area (Å²) in [5.41, 5.74) is 3.95. The monoisotopic (exact) mass is 274 g/mol. The number of para-hydroxylation sites is 1. The lowest BCUT2D eigenvalue weighted by molar-refractivity contribution is 0.834. The Labute approximate surface area is 124 Å². The highest BCUT2D eigenvalue weighted by Gasteiger charge is 2.14. The highest BCUT2D eigenvalue weighted by Crippen LogP contribution is 2.31. The summed E-state index contributed by atoms with van der Waals surface area (Å²) in [4.78, 5) is 2.35. The van der Waals surface area contributed by atoms with E-state index in [-0.39, 0.29) is 0 Å². The zero-order valence-electron chi connectivity index (χ0n) is 11.9. The van der Waals surface area contributed by atoms with Crippen LogP contribution in [0.3, 0.4) is 0 Å². The number of hydrogen-bond donors (Lipinski definition) is 0. The number of hydrogen-bond acceptors (Lipinski definition) is 1. The summed E-state index contributed by atoms with van der Waals surface area (Å²) in [5, 5.41) is 1.33. The van der Waals surface area contributed by atoms with Crippen molar-refractivity contribution in [2.45, 2.75) is 13.0 Å². The average molecular weight is 274 g/mol. The Hall–Kier alpha value is -2.48. The third-order valence-corrected chi connectivity index (χ3v) is 4.09. The lowest BCUT2D eigenvalue weighted by Gasteiger charge is -2.13. The molecule has 0 radical (unpaired) electrons. The molecular formula is C19H18N2. The highest BCUT2D eigenvalue weighted by atomic mass is 15.1. The van der Waals surface area contributed by atoms with E-state index in [1.807, 2.05) is 0 Å². The van der Waals surface area contributed by atoms with Gasteiger partial charge in [-0.2, -0.15) is 0 Å². The van der Waals surface area contributed by atoms with Crippen molar-refractivity contribution in [1.82, 2.24) is 4.57 Å². The van der Waals surface area contributed by atoms with Crippen LogP contribution in [-0.4, -0.2) is 11.1 Å². The number of anilines is 1. The maximum Gasteiger partial charge on any atom is 0.0666 e. The highest BCUT2D eigenvalue weighted by molar-refractivity contribution is 5.94. The maximum absolute atomic E-state index is 2.35. The normalized spacial score (nSPS) is 14.2. The van der Waals surface area contributed by atoms with Crippen LogP contribution in [0.1, 0.15) is 12.0 Å². The van der Waals surface area contributed by atoms with Crippen LogP contribution in [0.4, 0.5) is 5.69 Å². The minimum atomic E-state index is 0.916. The predicted octanol–water partition coefficient (Wildman–Crippen LogP) is 4.41. The van der Waals surface area contributed by atoms with E-state index in [0.717, 1.165) is 19.5 Å². The topological polar surface area (TPSA) is 8.17 Å². The quantitative estimate of drug-likeness (QED) is 0.686. The van der Waals surface area contributed by atoms with Crippen molar-refractivity contribution in [3.8, 4) is 0 Å². The predicted molar refractivity (Wildman–Crippen MR) is 88.6 cm³/mol. The van der Waals surface area contributed by atoms with Crippen LogP contribution in [-0.2, 0) is 6.54 Å². The molecule has 2 heteroatoms. The van der Waals surface area contributed by atoms with E-state index >= 15 is 0 Å². The molecule has 0 aliphatic carbocycles. The van der Waals surface area contributed by atoms with E-state index in [0.29, 0.717) is 0 Å². The molecule has 0 fully saturated rings. The van der Waals surface area contributed by atoms with Crippen molar-refractivity contribution in [3.63, 3.8) is 0 Å². The Morgan fingerprint density at radius 1 is 0.905 bits per heavy atom. The summed E-state index contributed by atoms with van der Waals surface area (Å²) in [7, 11) is 0. The zero-order chi connectivity index (χ0) is 14.1. The second-order valence-electron chi connectivity index (χ2n) is 5.51. The lowest BCUT2D eigenvalue weighted by atomic mass is 10.2. The first kappa shape index (κ1) is 12.3. The van der Waals surface area contributed by atoms with Gasteiger partial charge in [0.25, 0.3) is 0 Å². The lowest BCUT2D eigenvalue weighted by Crippen LogP contribution is -2.11. The molecule has 0 amide bonds. The van der Waals surface area contributed by atoms with E-state index in [2.05, 4.69) is 82.5 Å². The summed E-state index contributed by atoms with van der Waals surface area (Å²) in [6.45, 7) is 2.00. The van der Waals surface area contributed by atoms with Crippen LogP contribution in [0.15, 0.2) is 73.1 Å². The fraction of sp³-hybridized carbons (Fsp3) is 0.158. The van der Waals surface area contributed by atoms with E-state index in [1.165, 1.54) is 22.2 Å². The number of nitrogens with zero attached hydrogens (tertiary/aromatic N) is 2. The van der Waals surface area contributed by atoms with E-state index in [9.17, 15) is 0 Å². The van der Waals surface area contributed by atoms with E-state index in [1.54, 1.807) is 0 Å². The Balaban J connectivity index is 1.80. The second-order valence-corrected chi connectivity index (χ2v) is 5.51. The molecule has 104 valence electrons. The number of benzene rings is 2. The minimum Gasteiger partial charge on any atom is -0.346 e. The molecule has 0 atom stereocenters. The standard InChI is InChI=1S/C19H18N2/c1-2-8-16(9-3-1)14-21-15-19(20-12-6-7-13-20)17-10-4-5-11-18(17)21/h1-6,8-12,15H,7,13-14H2. The first-order valence-corrected chi connectivity index (χ1v) is 7.47. The third-order valence-electron chi connectivity index (χ3n) is 4.09. The molecule has 2 heterocycles. The fourth-order valence-electron chi connectivity index (χ4n) is 3.06. The summed E-state index contributed by atoms with van der Waals surface area (Å²) in [6.07, 6.45) is 7.86. The molecule has 1 aliphatic heterocycles. The number of aromatic nitrogens is 1. The summed E-state index contributed by atoms with van der Waals surface area (Å²) < 4.78 is 2.35. The van der Waals surface area contributed by atoms with Crippen LogP contribution in [0, 0.1) is 0 Å². The molecule has 3 aromatic rings. The molecule has 0 unspecified atom stereocenters. The Bertz CT molecular complexity index is 784. The van der Waals surface area contributed by atoms with Crippen LogP contribution >= 0.6 is 0 Å². The van der Waals surface area contributed by atoms with Crippen molar-refractivity contribution >= 4 is 16.6 Å². The molecule has 0 bridgehead atoms. The van der Waals surface area contributed by atoms with Gasteiger partial charge >= 0.3 is 0 Å². The van der Waals surface area contributed by atoms with Gasteiger partial charge < -0.3 is 9.47 Å². The van der Waals surface area contributed by atoms with E-state index < -0.39 is 0 Å². The summed E-state index contributed by atoms with van der Waals surface area (Å²) in [5.74, 6) is 0. The SMILES string of the molecule is C1=CN(c2cn(Cc3ccccc3)c3ccccc23)CC1. The van der Waals surface area contributed by atoms with Gasteiger partial charge in [-0.15, -0.1) is 0 Å². The van der Waals surface area contributed by atoms with Crippen molar-refractivity contribution < 1.29 is 0 Å². The molecule has 0 saturated heterocycles. The largest absolute Gasteiger partial charge is 0.346 e. The van der Waals surface area contributed by atoms with Gasteiger partial charge in [0.2, 0.25) is 0 Å². The van der Waals surface area contributed by atoms with E-state index in [4.69, 9.17) is 0 Å². The van der Waals surface area contributed by atoms with Crippen LogP contribution in [0.25, 0.3) is 10.9 Å². The molecule has 0 saturated carbocycles. The molecule has 4 rings (SSSR count). The second kappa shape index (κ2) is 5.13. The maximum atomic E-state index is 2.35. The van der Waals surface area contributed by atoms with Crippen molar-refractivity contribution in [1.29, 1.82) is 0 Å². The molecule has 21 heavy (non-hydrogen) atoms. The first-order valence-electron chi connectivity index (χ1n) is 7.47. The van der Waals surface area contributed by atoms with Crippen molar-refractivity contribution in [3.05, 3.63) is 78.6 Å². The van der Waals surface area contributed by atoms with Crippen LogP contribution in [0.2, 0.25) is 0 Å². The molecule has 2 aromatic carbocycles. The molecule has 0 spiro atoms. The van der Waals surface area contributed by atoms with Crippen molar-refractivity contribution in [2.24, 2.45) is 0 Å². The van der Waals surface area contributed by atoms with Gasteiger partial charge in [-0.1, -0.05) is 54.6 Å². The summed E-state index contributed by atoms with van der Waals surface area (Å²) in [6, 6.07) is 19.3. The van der Waals surface area contributed by atoms with Gasteiger partial charge in [-0.05, 0) is 18.1 Å². The number of rotatable bonds is 3. The molecule has 1 aliphatic rings. The van der Waals surface area contributed by atoms with Crippen molar-refractivity contribution in [2.75, 3.05) is 11.4 Å². The fourth-order valence-corrected chi connectivity index (χ4v) is 3.06. The minimum absolute atomic E-state index is 0.916. The van der Waals surface area contributed by atoms with Gasteiger partial charge in [0.15, 0.2) is 0 Å². The molecule has 1 aromatic heterocycles. The van der Waals surface area contributed by atoms with Gasteiger partial charge in [-0.3, -0.25) is 0 Å². The van der Waals surface area contributed by atoms with Gasteiger partial charge in [0, 0.05) is 30.9 Å². The van der Waals surface area contributed by atoms with Crippen LogP contribution < -0.4 is 4.90 Å². The van der Waals surface area contributed by atoms with Gasteiger partial charge in [-0.25, -0.2) is 0 Å². The summed E-state index contributed by atoms with van der Waals surface area (Å²) >= 11 is 0. The molecule has 2 nitrogen and oxygen atoms in total.